The van der Waals surface area contributed by atoms with Crippen molar-refractivity contribution in [3.05, 3.63) is 18.2 Å². The highest BCUT2D eigenvalue weighted by Crippen LogP contribution is 2.24. The molecule has 0 aliphatic heterocycles. The van der Waals surface area contributed by atoms with E-state index in [1.807, 2.05) is 6.07 Å². The maximum Gasteiger partial charge on any atom is 0.0807 e. The number of nitrogens with one attached hydrogen (secondary N) is 1. The van der Waals surface area contributed by atoms with Crippen molar-refractivity contribution in [3.63, 3.8) is 0 Å². The molecule has 0 saturated heterocycles. The van der Waals surface area contributed by atoms with Gasteiger partial charge in [-0.2, -0.15) is 0 Å². The van der Waals surface area contributed by atoms with Crippen LogP contribution in [0.15, 0.2) is 18.2 Å². The zero-order valence-electron chi connectivity index (χ0n) is 7.46. The summed E-state index contributed by atoms with van der Waals surface area (Å²) >= 11 is 0. The lowest BCUT2D eigenvalue weighted by Crippen LogP contribution is -2.07. The number of hydrogen-bond donors (Lipinski definition) is 4. The van der Waals surface area contributed by atoms with Crippen LogP contribution in [0.5, 0.6) is 0 Å². The number of aliphatic hydroxyl groups excluding tert-OH is 1. The first-order valence-electron chi connectivity index (χ1n) is 4.24. The summed E-state index contributed by atoms with van der Waals surface area (Å²) in [7, 11) is 0. The maximum absolute atomic E-state index is 8.58. The highest BCUT2D eigenvalue weighted by Gasteiger charge is 2.00. The Hall–Kier alpha value is -1.42. The number of rotatable bonds is 4. The van der Waals surface area contributed by atoms with Crippen LogP contribution in [-0.4, -0.2) is 18.3 Å². The second-order valence-corrected chi connectivity index (χ2v) is 2.82. The topological polar surface area (TPSA) is 84.3 Å². The van der Waals surface area contributed by atoms with Gasteiger partial charge in [-0.3, -0.25) is 0 Å². The average molecular weight is 181 g/mol. The third kappa shape index (κ3) is 2.52. The molecule has 1 rings (SSSR count). The lowest BCUT2D eigenvalue weighted by molar-refractivity contribution is 0.292. The highest BCUT2D eigenvalue weighted by molar-refractivity contribution is 5.79. The Morgan fingerprint density at radius 2 is 1.85 bits per heavy atom. The van der Waals surface area contributed by atoms with Crippen molar-refractivity contribution < 1.29 is 5.11 Å². The Bertz CT molecular complexity index is 255. The number of nitrogens with two attached hydrogens (primary N) is 2. The van der Waals surface area contributed by atoms with Gasteiger partial charge in [-0.1, -0.05) is 6.07 Å². The van der Waals surface area contributed by atoms with E-state index in [0.29, 0.717) is 24.3 Å². The van der Waals surface area contributed by atoms with Crippen LogP contribution >= 0.6 is 0 Å². The van der Waals surface area contributed by atoms with Gasteiger partial charge in [0.25, 0.3) is 0 Å². The summed E-state index contributed by atoms with van der Waals surface area (Å²) in [4.78, 5) is 0. The van der Waals surface area contributed by atoms with E-state index in [0.717, 1.165) is 5.69 Å². The summed E-state index contributed by atoms with van der Waals surface area (Å²) in [5.74, 6) is 0. The van der Waals surface area contributed by atoms with Gasteiger partial charge in [0, 0.05) is 13.2 Å². The standard InChI is InChI=1S/C9H15N3O/c10-7-3-1-4-8(11)9(7)12-5-2-6-13/h1,3-4,12-13H,2,5-6,10-11H2. The van der Waals surface area contributed by atoms with Crippen LogP contribution in [0.25, 0.3) is 0 Å². The number of nitrogen functional groups attached to an aromatic ring is 2. The molecule has 6 N–H and O–H groups in total. The summed E-state index contributed by atoms with van der Waals surface area (Å²) in [5.41, 5.74) is 13.4. The minimum absolute atomic E-state index is 0.166. The predicted octanol–water partition coefficient (Wildman–Crippen LogP) is 0.645. The second kappa shape index (κ2) is 4.57. The van der Waals surface area contributed by atoms with Gasteiger partial charge >= 0.3 is 0 Å². The van der Waals surface area contributed by atoms with Gasteiger partial charge < -0.3 is 21.9 Å². The number of benzene rings is 1. The zero-order valence-corrected chi connectivity index (χ0v) is 7.46. The Morgan fingerprint density at radius 3 is 2.38 bits per heavy atom. The molecule has 0 spiro atoms. The summed E-state index contributed by atoms with van der Waals surface area (Å²) in [5, 5.41) is 11.7. The number of anilines is 3. The number of para-hydroxylation sites is 1. The molecule has 0 aliphatic rings. The molecule has 0 fully saturated rings. The summed E-state index contributed by atoms with van der Waals surface area (Å²) in [6, 6.07) is 5.39. The molecule has 0 amide bonds. The van der Waals surface area contributed by atoms with Crippen LogP contribution in [0.2, 0.25) is 0 Å². The van der Waals surface area contributed by atoms with Crippen LogP contribution < -0.4 is 16.8 Å². The van der Waals surface area contributed by atoms with E-state index in [2.05, 4.69) is 5.32 Å². The van der Waals surface area contributed by atoms with E-state index in [1.165, 1.54) is 0 Å². The first-order chi connectivity index (χ1) is 6.25. The molecule has 0 unspecified atom stereocenters. The molecule has 0 heterocycles. The molecule has 0 bridgehead atoms. The van der Waals surface area contributed by atoms with Crippen LogP contribution in [-0.2, 0) is 0 Å². The summed E-state index contributed by atoms with van der Waals surface area (Å²) in [6.45, 7) is 0.842. The largest absolute Gasteiger partial charge is 0.397 e. The van der Waals surface area contributed by atoms with E-state index >= 15 is 0 Å². The molecule has 0 aromatic heterocycles. The molecule has 4 nitrogen and oxygen atoms in total. The molecule has 0 atom stereocenters. The SMILES string of the molecule is Nc1cccc(N)c1NCCCO. The van der Waals surface area contributed by atoms with Crippen LogP contribution in [0, 0.1) is 0 Å². The van der Waals surface area contributed by atoms with Crippen LogP contribution in [0.3, 0.4) is 0 Å². The molecule has 0 saturated carbocycles. The highest BCUT2D eigenvalue weighted by atomic mass is 16.3. The van der Waals surface area contributed by atoms with Crippen molar-refractivity contribution in [3.8, 4) is 0 Å². The molecule has 0 aliphatic carbocycles. The van der Waals surface area contributed by atoms with Crippen molar-refractivity contribution in [2.24, 2.45) is 0 Å². The van der Waals surface area contributed by atoms with E-state index < -0.39 is 0 Å². The minimum Gasteiger partial charge on any atom is -0.397 e. The average Bonchev–Trinajstić information content (AvgIpc) is 2.10. The molecule has 4 heteroatoms. The third-order valence-corrected chi connectivity index (χ3v) is 1.77. The monoisotopic (exact) mass is 181 g/mol. The minimum atomic E-state index is 0.166. The first-order valence-corrected chi connectivity index (χ1v) is 4.24. The van der Waals surface area contributed by atoms with Crippen molar-refractivity contribution in [1.29, 1.82) is 0 Å². The molecule has 13 heavy (non-hydrogen) atoms. The van der Waals surface area contributed by atoms with Crippen molar-refractivity contribution in [1.82, 2.24) is 0 Å². The fraction of sp³-hybridized carbons (Fsp3) is 0.333. The predicted molar refractivity (Wildman–Crippen MR) is 55.5 cm³/mol. The first kappa shape index (κ1) is 9.67. The summed E-state index contributed by atoms with van der Waals surface area (Å²) < 4.78 is 0. The third-order valence-electron chi connectivity index (χ3n) is 1.77. The molecule has 1 aromatic carbocycles. The van der Waals surface area contributed by atoms with Gasteiger partial charge in [0.2, 0.25) is 0 Å². The van der Waals surface area contributed by atoms with E-state index in [9.17, 15) is 0 Å². The van der Waals surface area contributed by atoms with Crippen molar-refractivity contribution in [2.45, 2.75) is 6.42 Å². The quantitative estimate of drug-likeness (QED) is 0.406. The van der Waals surface area contributed by atoms with E-state index in [-0.39, 0.29) is 6.61 Å². The van der Waals surface area contributed by atoms with E-state index in [1.54, 1.807) is 12.1 Å². The molecular weight excluding hydrogens is 166 g/mol. The molecule has 1 aromatic rings. The lowest BCUT2D eigenvalue weighted by Gasteiger charge is -2.10. The number of aliphatic hydroxyl groups is 1. The normalized spacial score (nSPS) is 9.92. The molecule has 0 radical (unpaired) electrons. The lowest BCUT2D eigenvalue weighted by atomic mass is 10.2. The van der Waals surface area contributed by atoms with Crippen molar-refractivity contribution in [2.75, 3.05) is 29.9 Å². The fourth-order valence-corrected chi connectivity index (χ4v) is 1.09. The fourth-order valence-electron chi connectivity index (χ4n) is 1.09. The Labute approximate surface area is 77.6 Å². The van der Waals surface area contributed by atoms with Crippen molar-refractivity contribution >= 4 is 17.1 Å². The van der Waals surface area contributed by atoms with Gasteiger partial charge in [0.05, 0.1) is 17.1 Å². The van der Waals surface area contributed by atoms with Gasteiger partial charge in [-0.25, -0.2) is 0 Å². The Kier molecular flexibility index (Phi) is 3.40. The summed E-state index contributed by atoms with van der Waals surface area (Å²) in [6.07, 6.45) is 0.688. The molecule has 72 valence electrons. The van der Waals surface area contributed by atoms with Gasteiger partial charge in [-0.15, -0.1) is 0 Å². The van der Waals surface area contributed by atoms with Crippen LogP contribution in [0.4, 0.5) is 17.1 Å². The van der Waals surface area contributed by atoms with Gasteiger partial charge in [0.1, 0.15) is 0 Å². The Morgan fingerprint density at radius 1 is 1.23 bits per heavy atom. The van der Waals surface area contributed by atoms with Gasteiger partial charge in [0.15, 0.2) is 0 Å². The second-order valence-electron chi connectivity index (χ2n) is 2.82. The Balaban J connectivity index is 2.64. The van der Waals surface area contributed by atoms with Crippen LogP contribution in [0.1, 0.15) is 6.42 Å². The van der Waals surface area contributed by atoms with Gasteiger partial charge in [-0.05, 0) is 18.6 Å². The smallest absolute Gasteiger partial charge is 0.0807 e. The zero-order chi connectivity index (χ0) is 9.68. The van der Waals surface area contributed by atoms with E-state index in [4.69, 9.17) is 16.6 Å². The molecular formula is C9H15N3O. The maximum atomic E-state index is 8.58. The number of hydrogen-bond acceptors (Lipinski definition) is 4.